The second kappa shape index (κ2) is 8.95. The Morgan fingerprint density at radius 3 is 2.38 bits per heavy atom. The summed E-state index contributed by atoms with van der Waals surface area (Å²) in [5.74, 6) is -1.62. The summed E-state index contributed by atoms with van der Waals surface area (Å²) >= 11 is 0. The molecule has 0 rings (SSSR count). The van der Waals surface area contributed by atoms with Crippen molar-refractivity contribution in [3.8, 4) is 0 Å². The molecule has 0 bridgehead atoms. The molecule has 1 N–H and O–H groups in total. The minimum Gasteiger partial charge on any atom is -0.478 e. The zero-order chi connectivity index (χ0) is 12.4. The van der Waals surface area contributed by atoms with Crippen molar-refractivity contribution in [2.45, 2.75) is 46.0 Å². The second-order valence-electron chi connectivity index (χ2n) is 3.56. The molecule has 92 valence electrons. The van der Waals surface area contributed by atoms with Crippen LogP contribution in [0.25, 0.3) is 0 Å². The number of carbonyl (C=O) groups is 2. The predicted octanol–water partition coefficient (Wildman–Crippen LogP) is 2.53. The van der Waals surface area contributed by atoms with E-state index in [9.17, 15) is 9.59 Å². The highest BCUT2D eigenvalue weighted by Gasteiger charge is 2.07. The van der Waals surface area contributed by atoms with Crippen LogP contribution in [0.4, 0.5) is 0 Å². The van der Waals surface area contributed by atoms with Gasteiger partial charge in [-0.3, -0.25) is 0 Å². The molecule has 0 atom stereocenters. The molecule has 0 spiro atoms. The van der Waals surface area contributed by atoms with Gasteiger partial charge in [0.25, 0.3) is 0 Å². The van der Waals surface area contributed by atoms with Crippen molar-refractivity contribution < 1.29 is 19.4 Å². The lowest BCUT2D eigenvalue weighted by Crippen LogP contribution is -2.07. The number of hydrogen-bond donors (Lipinski definition) is 1. The van der Waals surface area contributed by atoms with E-state index in [-0.39, 0.29) is 5.57 Å². The molecule has 0 saturated heterocycles. The molecule has 16 heavy (non-hydrogen) atoms. The SMILES string of the molecule is CCCCCCOC(=O)/C=C(/CC)C(=O)O. The van der Waals surface area contributed by atoms with E-state index in [1.165, 1.54) is 0 Å². The van der Waals surface area contributed by atoms with Gasteiger partial charge in [0, 0.05) is 11.6 Å². The van der Waals surface area contributed by atoms with Crippen LogP contribution in [0.1, 0.15) is 46.0 Å². The maximum atomic E-state index is 11.2. The van der Waals surface area contributed by atoms with Gasteiger partial charge in [0.1, 0.15) is 0 Å². The number of unbranched alkanes of at least 4 members (excludes halogenated alkanes) is 3. The highest BCUT2D eigenvalue weighted by molar-refractivity contribution is 5.95. The molecular weight excluding hydrogens is 208 g/mol. The van der Waals surface area contributed by atoms with E-state index < -0.39 is 11.9 Å². The Kier molecular flexibility index (Phi) is 8.21. The Labute approximate surface area is 96.3 Å². The van der Waals surface area contributed by atoms with Crippen LogP contribution in [0.15, 0.2) is 11.6 Å². The molecule has 0 aliphatic carbocycles. The summed E-state index contributed by atoms with van der Waals surface area (Å²) in [5, 5.41) is 8.69. The first-order chi connectivity index (χ1) is 7.61. The van der Waals surface area contributed by atoms with Gasteiger partial charge in [0.15, 0.2) is 0 Å². The van der Waals surface area contributed by atoms with Gasteiger partial charge in [-0.15, -0.1) is 0 Å². The van der Waals surface area contributed by atoms with E-state index >= 15 is 0 Å². The van der Waals surface area contributed by atoms with Gasteiger partial charge in [0.2, 0.25) is 0 Å². The van der Waals surface area contributed by atoms with Crippen LogP contribution in [0.5, 0.6) is 0 Å². The largest absolute Gasteiger partial charge is 0.478 e. The van der Waals surface area contributed by atoms with Crippen molar-refractivity contribution in [3.63, 3.8) is 0 Å². The molecule has 0 saturated carbocycles. The van der Waals surface area contributed by atoms with Gasteiger partial charge < -0.3 is 9.84 Å². The van der Waals surface area contributed by atoms with E-state index in [1.54, 1.807) is 6.92 Å². The first-order valence-electron chi connectivity index (χ1n) is 5.72. The number of carboxylic acids is 1. The monoisotopic (exact) mass is 228 g/mol. The van der Waals surface area contributed by atoms with Crippen LogP contribution in [0.2, 0.25) is 0 Å². The summed E-state index contributed by atoms with van der Waals surface area (Å²) in [5.41, 5.74) is 0.0820. The Morgan fingerprint density at radius 1 is 1.19 bits per heavy atom. The molecule has 0 aromatic carbocycles. The number of ether oxygens (including phenoxy) is 1. The van der Waals surface area contributed by atoms with Crippen molar-refractivity contribution in [3.05, 3.63) is 11.6 Å². The molecule has 0 aliphatic rings. The second-order valence-corrected chi connectivity index (χ2v) is 3.56. The first kappa shape index (κ1) is 14.7. The van der Waals surface area contributed by atoms with E-state index in [0.29, 0.717) is 13.0 Å². The summed E-state index contributed by atoms with van der Waals surface area (Å²) in [7, 11) is 0. The van der Waals surface area contributed by atoms with Crippen molar-refractivity contribution in [1.82, 2.24) is 0 Å². The molecule has 0 unspecified atom stereocenters. The normalized spacial score (nSPS) is 11.2. The average molecular weight is 228 g/mol. The van der Waals surface area contributed by atoms with E-state index in [2.05, 4.69) is 6.92 Å². The number of aliphatic carboxylic acids is 1. The Hall–Kier alpha value is -1.32. The number of esters is 1. The van der Waals surface area contributed by atoms with Crippen LogP contribution < -0.4 is 0 Å². The van der Waals surface area contributed by atoms with Gasteiger partial charge in [0.05, 0.1) is 6.61 Å². The summed E-state index contributed by atoms with van der Waals surface area (Å²) in [6.45, 7) is 4.16. The van der Waals surface area contributed by atoms with Gasteiger partial charge in [-0.1, -0.05) is 33.1 Å². The number of hydrogen-bond acceptors (Lipinski definition) is 3. The molecule has 0 radical (unpaired) electrons. The predicted molar refractivity (Wildman–Crippen MR) is 61.1 cm³/mol. The summed E-state index contributed by atoms with van der Waals surface area (Å²) in [4.78, 5) is 21.8. The first-order valence-corrected chi connectivity index (χ1v) is 5.72. The smallest absolute Gasteiger partial charge is 0.331 e. The van der Waals surface area contributed by atoms with Crippen LogP contribution in [-0.4, -0.2) is 23.7 Å². The fourth-order valence-electron chi connectivity index (χ4n) is 1.20. The maximum absolute atomic E-state index is 11.2. The lowest BCUT2D eigenvalue weighted by atomic mass is 10.2. The lowest BCUT2D eigenvalue weighted by Gasteiger charge is -2.02. The molecule has 0 aromatic rings. The van der Waals surface area contributed by atoms with Crippen LogP contribution >= 0.6 is 0 Å². The highest BCUT2D eigenvalue weighted by Crippen LogP contribution is 2.03. The topological polar surface area (TPSA) is 63.6 Å². The third-order valence-electron chi connectivity index (χ3n) is 2.19. The molecule has 0 amide bonds. The summed E-state index contributed by atoms with van der Waals surface area (Å²) in [6.07, 6.45) is 5.51. The summed E-state index contributed by atoms with van der Waals surface area (Å²) < 4.78 is 4.89. The Balaban J connectivity index is 3.84. The Morgan fingerprint density at radius 2 is 1.88 bits per heavy atom. The van der Waals surface area contributed by atoms with Crippen molar-refractivity contribution >= 4 is 11.9 Å². The van der Waals surface area contributed by atoms with Crippen molar-refractivity contribution in [2.75, 3.05) is 6.61 Å². The third-order valence-corrected chi connectivity index (χ3v) is 2.19. The molecule has 4 heteroatoms. The number of carbonyl (C=O) groups excluding carboxylic acids is 1. The molecule has 0 fully saturated rings. The van der Waals surface area contributed by atoms with E-state index in [0.717, 1.165) is 31.8 Å². The standard InChI is InChI=1S/C12H20O4/c1-3-5-6-7-8-16-11(13)9-10(4-2)12(14)15/h9H,3-8H2,1-2H3,(H,14,15)/b10-9-. The molecule has 0 aromatic heterocycles. The Bertz CT molecular complexity index is 256. The van der Waals surface area contributed by atoms with Crippen LogP contribution in [0.3, 0.4) is 0 Å². The van der Waals surface area contributed by atoms with Gasteiger partial charge in [-0.2, -0.15) is 0 Å². The molecule has 4 nitrogen and oxygen atoms in total. The minimum absolute atomic E-state index is 0.0820. The van der Waals surface area contributed by atoms with Gasteiger partial charge in [-0.05, 0) is 12.8 Å². The number of rotatable bonds is 8. The summed E-state index contributed by atoms with van der Waals surface area (Å²) in [6, 6.07) is 0. The zero-order valence-electron chi connectivity index (χ0n) is 9.99. The van der Waals surface area contributed by atoms with Crippen molar-refractivity contribution in [1.29, 1.82) is 0 Å². The number of carboxylic acid groups (broad SMARTS) is 1. The fourth-order valence-corrected chi connectivity index (χ4v) is 1.20. The quantitative estimate of drug-likeness (QED) is 0.394. The molecule has 0 heterocycles. The van der Waals surface area contributed by atoms with Crippen molar-refractivity contribution in [2.24, 2.45) is 0 Å². The molecular formula is C12H20O4. The maximum Gasteiger partial charge on any atom is 0.331 e. The highest BCUT2D eigenvalue weighted by atomic mass is 16.5. The van der Waals surface area contributed by atoms with Crippen LogP contribution in [0, 0.1) is 0 Å². The lowest BCUT2D eigenvalue weighted by molar-refractivity contribution is -0.139. The zero-order valence-corrected chi connectivity index (χ0v) is 9.99. The van der Waals surface area contributed by atoms with Crippen LogP contribution in [-0.2, 0) is 14.3 Å². The van der Waals surface area contributed by atoms with E-state index in [1.807, 2.05) is 0 Å². The van der Waals surface area contributed by atoms with Gasteiger partial charge in [-0.25, -0.2) is 9.59 Å². The minimum atomic E-state index is -1.06. The van der Waals surface area contributed by atoms with Gasteiger partial charge >= 0.3 is 11.9 Å². The third kappa shape index (κ3) is 7.04. The average Bonchev–Trinajstić information content (AvgIpc) is 2.25. The van der Waals surface area contributed by atoms with E-state index in [4.69, 9.17) is 9.84 Å². The molecule has 0 aliphatic heterocycles. The fraction of sp³-hybridized carbons (Fsp3) is 0.667.